The maximum absolute atomic E-state index is 10.7. The molecule has 0 aromatic heterocycles. The van der Waals surface area contributed by atoms with Gasteiger partial charge in [0.05, 0.1) is 0 Å². The third kappa shape index (κ3) is 1.91. The second-order valence-corrected chi connectivity index (χ2v) is 2.65. The number of rotatable bonds is 4. The van der Waals surface area contributed by atoms with Crippen molar-refractivity contribution in [2.24, 2.45) is 0 Å². The average Bonchev–Trinajstić information content (AvgIpc) is 2.01. The zero-order valence-electron chi connectivity index (χ0n) is 7.16. The SMILES string of the molecule is CCN(O)C(C)(CC)C(=O)O. The zero-order chi connectivity index (χ0) is 9.07. The quantitative estimate of drug-likeness (QED) is 0.603. The third-order valence-electron chi connectivity index (χ3n) is 2.02. The van der Waals surface area contributed by atoms with Crippen molar-refractivity contribution in [1.29, 1.82) is 0 Å². The molecule has 0 aromatic carbocycles. The molecule has 0 bridgehead atoms. The zero-order valence-corrected chi connectivity index (χ0v) is 7.16. The number of hydrogen-bond donors (Lipinski definition) is 2. The normalized spacial score (nSPS) is 16.5. The fraction of sp³-hybridized carbons (Fsp3) is 0.857. The Kier molecular flexibility index (Phi) is 3.48. The van der Waals surface area contributed by atoms with Crippen LogP contribution < -0.4 is 0 Å². The van der Waals surface area contributed by atoms with E-state index in [1.54, 1.807) is 13.8 Å². The van der Waals surface area contributed by atoms with Crippen LogP contribution in [0.5, 0.6) is 0 Å². The van der Waals surface area contributed by atoms with Gasteiger partial charge in [0.2, 0.25) is 0 Å². The highest BCUT2D eigenvalue weighted by Crippen LogP contribution is 2.16. The number of likely N-dealkylation sites (N-methyl/N-ethyl adjacent to an activating group) is 1. The van der Waals surface area contributed by atoms with Gasteiger partial charge in [-0.3, -0.25) is 4.79 Å². The lowest BCUT2D eigenvalue weighted by Crippen LogP contribution is -2.50. The van der Waals surface area contributed by atoms with E-state index in [9.17, 15) is 10.0 Å². The molecule has 0 saturated carbocycles. The molecular weight excluding hydrogens is 146 g/mol. The van der Waals surface area contributed by atoms with Crippen molar-refractivity contribution < 1.29 is 15.1 Å². The van der Waals surface area contributed by atoms with Gasteiger partial charge in [-0.25, -0.2) is 0 Å². The van der Waals surface area contributed by atoms with Crippen LogP contribution in [0.3, 0.4) is 0 Å². The van der Waals surface area contributed by atoms with E-state index in [4.69, 9.17) is 5.11 Å². The summed E-state index contributed by atoms with van der Waals surface area (Å²) < 4.78 is 0. The van der Waals surface area contributed by atoms with Crippen LogP contribution >= 0.6 is 0 Å². The van der Waals surface area contributed by atoms with Gasteiger partial charge in [0.15, 0.2) is 0 Å². The molecule has 0 rings (SSSR count). The molecule has 0 aliphatic rings. The molecule has 0 heterocycles. The van der Waals surface area contributed by atoms with E-state index < -0.39 is 11.5 Å². The molecule has 4 nitrogen and oxygen atoms in total. The second kappa shape index (κ2) is 3.69. The molecule has 2 N–H and O–H groups in total. The first kappa shape index (κ1) is 10.4. The third-order valence-corrected chi connectivity index (χ3v) is 2.02. The second-order valence-electron chi connectivity index (χ2n) is 2.65. The summed E-state index contributed by atoms with van der Waals surface area (Å²) >= 11 is 0. The minimum absolute atomic E-state index is 0.316. The van der Waals surface area contributed by atoms with E-state index in [0.717, 1.165) is 5.06 Å². The van der Waals surface area contributed by atoms with Crippen LogP contribution in [0.1, 0.15) is 27.2 Å². The Labute approximate surface area is 66.4 Å². The Balaban J connectivity index is 4.45. The predicted octanol–water partition coefficient (Wildman–Crippen LogP) is 0.951. The van der Waals surface area contributed by atoms with Gasteiger partial charge in [0.1, 0.15) is 5.54 Å². The summed E-state index contributed by atoms with van der Waals surface area (Å²) in [6.07, 6.45) is 0.382. The summed E-state index contributed by atoms with van der Waals surface area (Å²) in [7, 11) is 0. The van der Waals surface area contributed by atoms with Crippen molar-refractivity contribution in [3.05, 3.63) is 0 Å². The van der Waals surface area contributed by atoms with Crippen LogP contribution in [0, 0.1) is 0 Å². The van der Waals surface area contributed by atoms with E-state index in [1.165, 1.54) is 6.92 Å². The molecule has 0 saturated heterocycles. The Morgan fingerprint density at radius 2 is 2.00 bits per heavy atom. The standard InChI is InChI=1S/C7H15NO3/c1-4-7(3,6(9)10)8(11)5-2/h11H,4-5H2,1-3H3,(H,9,10). The number of hydroxylamine groups is 2. The van der Waals surface area contributed by atoms with Crippen LogP contribution in [0.2, 0.25) is 0 Å². The van der Waals surface area contributed by atoms with Gasteiger partial charge < -0.3 is 10.3 Å². The maximum atomic E-state index is 10.7. The lowest BCUT2D eigenvalue weighted by atomic mass is 9.99. The molecule has 0 aliphatic carbocycles. The largest absolute Gasteiger partial charge is 0.480 e. The predicted molar refractivity (Wildman–Crippen MR) is 40.5 cm³/mol. The van der Waals surface area contributed by atoms with Gasteiger partial charge in [-0.1, -0.05) is 13.8 Å². The number of nitrogens with zero attached hydrogens (tertiary/aromatic N) is 1. The molecule has 0 amide bonds. The van der Waals surface area contributed by atoms with Crippen molar-refractivity contribution in [3.63, 3.8) is 0 Å². The molecule has 1 atom stereocenters. The first-order valence-corrected chi connectivity index (χ1v) is 3.69. The molecule has 0 aromatic rings. The molecule has 0 radical (unpaired) electrons. The minimum atomic E-state index is -1.14. The highest BCUT2D eigenvalue weighted by atomic mass is 16.5. The summed E-state index contributed by atoms with van der Waals surface area (Å²) in [5.41, 5.74) is -1.14. The molecule has 0 fully saturated rings. The first-order valence-electron chi connectivity index (χ1n) is 3.69. The van der Waals surface area contributed by atoms with Gasteiger partial charge >= 0.3 is 5.97 Å². The Morgan fingerprint density at radius 1 is 1.55 bits per heavy atom. The van der Waals surface area contributed by atoms with Crippen LogP contribution in [0.15, 0.2) is 0 Å². The maximum Gasteiger partial charge on any atom is 0.326 e. The number of hydrogen-bond acceptors (Lipinski definition) is 3. The fourth-order valence-corrected chi connectivity index (χ4v) is 0.793. The van der Waals surface area contributed by atoms with E-state index >= 15 is 0 Å². The lowest BCUT2D eigenvalue weighted by molar-refractivity contribution is -0.193. The van der Waals surface area contributed by atoms with Crippen LogP contribution in [-0.4, -0.2) is 33.4 Å². The molecular formula is C7H15NO3. The van der Waals surface area contributed by atoms with Crippen LogP contribution in [0.4, 0.5) is 0 Å². The van der Waals surface area contributed by atoms with Gasteiger partial charge in [0.25, 0.3) is 0 Å². The molecule has 0 spiro atoms. The number of carboxylic acids is 1. The lowest BCUT2D eigenvalue weighted by Gasteiger charge is -2.30. The summed E-state index contributed by atoms with van der Waals surface area (Å²) in [5.74, 6) is -0.996. The average molecular weight is 161 g/mol. The molecule has 11 heavy (non-hydrogen) atoms. The highest BCUT2D eigenvalue weighted by Gasteiger charge is 2.36. The van der Waals surface area contributed by atoms with Gasteiger partial charge in [0, 0.05) is 6.54 Å². The summed E-state index contributed by atoms with van der Waals surface area (Å²) in [6.45, 7) is 5.25. The van der Waals surface area contributed by atoms with Crippen molar-refractivity contribution in [1.82, 2.24) is 5.06 Å². The molecule has 1 unspecified atom stereocenters. The Hall–Kier alpha value is -0.610. The number of aliphatic carboxylic acids is 1. The first-order chi connectivity index (χ1) is 4.99. The van der Waals surface area contributed by atoms with E-state index in [0.29, 0.717) is 13.0 Å². The topological polar surface area (TPSA) is 60.8 Å². The highest BCUT2D eigenvalue weighted by molar-refractivity contribution is 5.77. The van der Waals surface area contributed by atoms with Gasteiger partial charge in [-0.2, -0.15) is 5.06 Å². The number of carbonyl (C=O) groups is 1. The summed E-state index contributed by atoms with van der Waals surface area (Å²) in [4.78, 5) is 10.7. The smallest absolute Gasteiger partial charge is 0.326 e. The molecule has 0 aliphatic heterocycles. The van der Waals surface area contributed by atoms with Crippen LogP contribution in [-0.2, 0) is 4.79 Å². The van der Waals surface area contributed by atoms with Crippen molar-refractivity contribution in [2.75, 3.05) is 6.54 Å². The number of carboxylic acid groups (broad SMARTS) is 1. The monoisotopic (exact) mass is 161 g/mol. The molecule has 66 valence electrons. The fourth-order valence-electron chi connectivity index (χ4n) is 0.793. The van der Waals surface area contributed by atoms with Gasteiger partial charge in [-0.15, -0.1) is 0 Å². The van der Waals surface area contributed by atoms with E-state index in [2.05, 4.69) is 0 Å². The summed E-state index contributed by atoms with van der Waals surface area (Å²) in [5, 5.41) is 18.8. The van der Waals surface area contributed by atoms with Crippen molar-refractivity contribution in [3.8, 4) is 0 Å². The Bertz CT molecular complexity index is 149. The molecule has 4 heteroatoms. The minimum Gasteiger partial charge on any atom is -0.480 e. The van der Waals surface area contributed by atoms with Crippen molar-refractivity contribution >= 4 is 5.97 Å². The van der Waals surface area contributed by atoms with Crippen LogP contribution in [0.25, 0.3) is 0 Å². The van der Waals surface area contributed by atoms with E-state index in [-0.39, 0.29) is 0 Å². The van der Waals surface area contributed by atoms with Crippen molar-refractivity contribution in [2.45, 2.75) is 32.7 Å². The van der Waals surface area contributed by atoms with E-state index in [1.807, 2.05) is 0 Å². The van der Waals surface area contributed by atoms with Gasteiger partial charge in [-0.05, 0) is 13.3 Å². The summed E-state index contributed by atoms with van der Waals surface area (Å²) in [6, 6.07) is 0. The Morgan fingerprint density at radius 3 is 2.09 bits per heavy atom.